The van der Waals surface area contributed by atoms with E-state index in [-0.39, 0.29) is 12.4 Å². The summed E-state index contributed by atoms with van der Waals surface area (Å²) in [4.78, 5) is 11.9. The molecule has 26 heavy (non-hydrogen) atoms. The first-order valence-corrected chi connectivity index (χ1v) is 8.95. The molecule has 1 aromatic carbocycles. The minimum absolute atomic E-state index is 0. The zero-order valence-electron chi connectivity index (χ0n) is 15.3. The second-order valence-corrected chi connectivity index (χ2v) is 6.77. The van der Waals surface area contributed by atoms with Crippen LogP contribution in [0.25, 0.3) is 11.0 Å². The lowest BCUT2D eigenvalue weighted by atomic mass is 10.1. The summed E-state index contributed by atoms with van der Waals surface area (Å²) >= 11 is 0. The summed E-state index contributed by atoms with van der Waals surface area (Å²) in [6.07, 6.45) is 5.55. The van der Waals surface area contributed by atoms with Gasteiger partial charge in [-0.1, -0.05) is 29.8 Å². The van der Waals surface area contributed by atoms with Crippen LogP contribution in [-0.2, 0) is 13.6 Å². The van der Waals surface area contributed by atoms with Crippen LogP contribution in [0.1, 0.15) is 30.4 Å². The molecule has 0 spiro atoms. The van der Waals surface area contributed by atoms with Gasteiger partial charge in [0.2, 0.25) is 5.95 Å². The van der Waals surface area contributed by atoms with Crippen LogP contribution in [0.5, 0.6) is 0 Å². The molecule has 1 aliphatic rings. The summed E-state index contributed by atoms with van der Waals surface area (Å²) in [6, 6.07) is 8.53. The van der Waals surface area contributed by atoms with Gasteiger partial charge in [0.1, 0.15) is 5.82 Å². The normalized spacial score (nSPS) is 14.3. The van der Waals surface area contributed by atoms with Crippen molar-refractivity contribution in [1.82, 2.24) is 19.7 Å². The summed E-state index contributed by atoms with van der Waals surface area (Å²) in [5.41, 5.74) is 3.39. The number of aryl methyl sites for hydroxylation is 2. The van der Waals surface area contributed by atoms with Gasteiger partial charge in [-0.15, -0.1) is 12.4 Å². The first-order valence-electron chi connectivity index (χ1n) is 8.95. The van der Waals surface area contributed by atoms with Crippen LogP contribution in [0.2, 0.25) is 0 Å². The molecule has 2 aromatic heterocycles. The molecule has 0 radical (unpaired) electrons. The second-order valence-electron chi connectivity index (χ2n) is 6.77. The molecule has 3 aromatic rings. The van der Waals surface area contributed by atoms with Gasteiger partial charge in [0.25, 0.3) is 0 Å². The summed E-state index contributed by atoms with van der Waals surface area (Å²) in [7, 11) is 1.93. The molecular weight excluding hydrogens is 348 g/mol. The Morgan fingerprint density at radius 2 is 1.92 bits per heavy atom. The molecule has 0 saturated carbocycles. The van der Waals surface area contributed by atoms with Gasteiger partial charge in [0.15, 0.2) is 5.65 Å². The summed E-state index contributed by atoms with van der Waals surface area (Å²) in [5, 5.41) is 8.83. The smallest absolute Gasteiger partial charge is 0.229 e. The second kappa shape index (κ2) is 7.91. The van der Waals surface area contributed by atoms with Crippen LogP contribution in [0, 0.1) is 6.92 Å². The Balaban J connectivity index is 0.00000196. The van der Waals surface area contributed by atoms with Gasteiger partial charge in [-0.05, 0) is 31.7 Å². The van der Waals surface area contributed by atoms with E-state index in [1.165, 1.54) is 30.4 Å². The minimum Gasteiger partial charge on any atom is -0.365 e. The van der Waals surface area contributed by atoms with Gasteiger partial charge in [-0.3, -0.25) is 4.68 Å². The highest BCUT2D eigenvalue weighted by Crippen LogP contribution is 2.25. The van der Waals surface area contributed by atoms with Crippen molar-refractivity contribution < 1.29 is 0 Å². The van der Waals surface area contributed by atoms with Crippen molar-refractivity contribution in [3.63, 3.8) is 0 Å². The Kier molecular flexibility index (Phi) is 5.61. The number of hydrogen-bond acceptors (Lipinski definition) is 5. The lowest BCUT2D eigenvalue weighted by molar-refractivity contribution is 0.568. The summed E-state index contributed by atoms with van der Waals surface area (Å²) in [5.74, 6) is 1.67. The highest BCUT2D eigenvalue weighted by atomic mass is 35.5. The van der Waals surface area contributed by atoms with Crippen molar-refractivity contribution in [2.24, 2.45) is 7.05 Å². The van der Waals surface area contributed by atoms with E-state index in [0.29, 0.717) is 0 Å². The molecule has 1 saturated heterocycles. The molecule has 0 atom stereocenters. The van der Waals surface area contributed by atoms with E-state index >= 15 is 0 Å². The number of nitrogens with one attached hydrogen (secondary N) is 1. The third kappa shape index (κ3) is 3.75. The fourth-order valence-electron chi connectivity index (χ4n) is 3.39. The van der Waals surface area contributed by atoms with Crippen molar-refractivity contribution >= 4 is 35.2 Å². The molecule has 1 fully saturated rings. The number of hydrogen-bond donors (Lipinski definition) is 1. The molecule has 0 aliphatic carbocycles. The van der Waals surface area contributed by atoms with Crippen molar-refractivity contribution in [3.05, 3.63) is 41.6 Å². The van der Waals surface area contributed by atoms with E-state index in [2.05, 4.69) is 46.5 Å². The molecule has 0 bridgehead atoms. The van der Waals surface area contributed by atoms with Gasteiger partial charge in [-0.25, -0.2) is 0 Å². The number of piperidine rings is 1. The number of benzene rings is 1. The Hall–Kier alpha value is -2.34. The largest absolute Gasteiger partial charge is 0.365 e. The van der Waals surface area contributed by atoms with Crippen LogP contribution in [0.3, 0.4) is 0 Å². The molecule has 138 valence electrons. The summed E-state index contributed by atoms with van der Waals surface area (Å²) in [6.45, 7) is 4.91. The quantitative estimate of drug-likeness (QED) is 0.756. The van der Waals surface area contributed by atoms with E-state index in [1.807, 2.05) is 17.9 Å². The number of fused-ring (bicyclic) bond motifs is 1. The molecule has 3 heterocycles. The first kappa shape index (κ1) is 18.5. The number of halogens is 1. The fraction of sp³-hybridized carbons (Fsp3) is 0.421. The molecule has 7 heteroatoms. The minimum atomic E-state index is 0. The van der Waals surface area contributed by atoms with Gasteiger partial charge in [0.05, 0.1) is 11.6 Å². The van der Waals surface area contributed by atoms with E-state index in [1.54, 1.807) is 0 Å². The lowest BCUT2D eigenvalue weighted by Gasteiger charge is -2.27. The molecule has 6 nitrogen and oxygen atoms in total. The van der Waals surface area contributed by atoms with Gasteiger partial charge in [0, 0.05) is 26.7 Å². The molecule has 0 amide bonds. The lowest BCUT2D eigenvalue weighted by Crippen LogP contribution is -2.31. The number of nitrogens with zero attached hydrogens (tertiary/aromatic N) is 5. The summed E-state index contributed by atoms with van der Waals surface area (Å²) < 4.78 is 1.82. The predicted molar refractivity (Wildman–Crippen MR) is 108 cm³/mol. The zero-order valence-corrected chi connectivity index (χ0v) is 16.1. The van der Waals surface area contributed by atoms with Crippen LogP contribution in [0.15, 0.2) is 30.5 Å². The zero-order chi connectivity index (χ0) is 17.2. The van der Waals surface area contributed by atoms with Crippen molar-refractivity contribution in [1.29, 1.82) is 0 Å². The van der Waals surface area contributed by atoms with E-state index < -0.39 is 0 Å². The van der Waals surface area contributed by atoms with Crippen LogP contribution < -0.4 is 10.2 Å². The van der Waals surface area contributed by atoms with Crippen LogP contribution in [0.4, 0.5) is 11.8 Å². The molecule has 1 N–H and O–H groups in total. The van der Waals surface area contributed by atoms with E-state index in [0.717, 1.165) is 42.4 Å². The standard InChI is InChI=1S/C19H24N6.ClH/c1-14-7-6-8-15(11-14)12-20-17-16-13-21-24(2)18(16)23-19(22-17)25-9-4-3-5-10-25;/h6-8,11,13H,3-5,9-10,12H2,1-2H3,(H,20,22,23);1H. The molecule has 4 rings (SSSR count). The maximum absolute atomic E-state index is 4.83. The van der Waals surface area contributed by atoms with Crippen molar-refractivity contribution in [2.75, 3.05) is 23.3 Å². The Morgan fingerprint density at radius 1 is 1.12 bits per heavy atom. The average molecular weight is 373 g/mol. The maximum Gasteiger partial charge on any atom is 0.229 e. The fourth-order valence-corrected chi connectivity index (χ4v) is 3.39. The van der Waals surface area contributed by atoms with E-state index in [4.69, 9.17) is 9.97 Å². The molecule has 1 aliphatic heterocycles. The topological polar surface area (TPSA) is 58.9 Å². The van der Waals surface area contributed by atoms with Crippen molar-refractivity contribution in [3.8, 4) is 0 Å². The van der Waals surface area contributed by atoms with Gasteiger partial charge in [-0.2, -0.15) is 15.1 Å². The Labute approximate surface area is 160 Å². The third-order valence-electron chi connectivity index (χ3n) is 4.76. The Bertz CT molecular complexity index is 885. The van der Waals surface area contributed by atoms with Crippen molar-refractivity contribution in [2.45, 2.75) is 32.7 Å². The molecular formula is C19H25ClN6. The van der Waals surface area contributed by atoms with E-state index in [9.17, 15) is 0 Å². The van der Waals surface area contributed by atoms with Crippen LogP contribution >= 0.6 is 12.4 Å². The highest BCUT2D eigenvalue weighted by molar-refractivity contribution is 5.87. The first-order chi connectivity index (χ1) is 12.2. The molecule has 0 unspecified atom stereocenters. The maximum atomic E-state index is 4.83. The van der Waals surface area contributed by atoms with Gasteiger partial charge >= 0.3 is 0 Å². The SMILES string of the molecule is Cc1cccc(CNc2nc(N3CCCCC3)nc3c2cnn3C)c1.Cl. The highest BCUT2D eigenvalue weighted by Gasteiger charge is 2.18. The van der Waals surface area contributed by atoms with Crippen LogP contribution in [-0.4, -0.2) is 32.8 Å². The Morgan fingerprint density at radius 3 is 2.69 bits per heavy atom. The van der Waals surface area contributed by atoms with Gasteiger partial charge < -0.3 is 10.2 Å². The number of anilines is 2. The number of aromatic nitrogens is 4. The monoisotopic (exact) mass is 372 g/mol. The number of rotatable bonds is 4. The predicted octanol–water partition coefficient (Wildman–Crippen LogP) is 3.70. The third-order valence-corrected chi connectivity index (χ3v) is 4.76. The average Bonchev–Trinajstić information content (AvgIpc) is 3.02.